The minimum atomic E-state index is 0.984. The van der Waals surface area contributed by atoms with E-state index in [0.717, 1.165) is 12.1 Å². The third kappa shape index (κ3) is 1.94. The zero-order valence-electron chi connectivity index (χ0n) is 9.49. The minimum absolute atomic E-state index is 0.984. The molecule has 2 nitrogen and oxygen atoms in total. The fraction of sp³-hybridized carbons (Fsp3) is 0.308. The summed E-state index contributed by atoms with van der Waals surface area (Å²) in [6.45, 7) is 6.34. The van der Waals surface area contributed by atoms with Gasteiger partial charge in [-0.25, -0.2) is 4.68 Å². The van der Waals surface area contributed by atoms with E-state index in [1.807, 2.05) is 10.9 Å². The number of benzene rings is 1. The molecule has 0 bridgehead atoms. The van der Waals surface area contributed by atoms with Crippen LogP contribution in [0.15, 0.2) is 30.5 Å². The molecule has 0 unspecified atom stereocenters. The summed E-state index contributed by atoms with van der Waals surface area (Å²) in [5.41, 5.74) is 4.83. The zero-order chi connectivity index (χ0) is 10.8. The van der Waals surface area contributed by atoms with E-state index in [0.29, 0.717) is 0 Å². The molecule has 1 heterocycles. The molecule has 1 aromatic heterocycles. The van der Waals surface area contributed by atoms with Crippen LogP contribution in [0.1, 0.15) is 23.7 Å². The van der Waals surface area contributed by atoms with Gasteiger partial charge in [-0.15, -0.1) is 0 Å². The predicted octanol–water partition coefficient (Wildman–Crippen LogP) is 3.05. The summed E-state index contributed by atoms with van der Waals surface area (Å²) in [5, 5.41) is 4.52. The lowest BCUT2D eigenvalue weighted by atomic mass is 10.1. The molecule has 0 aliphatic carbocycles. The molecule has 0 saturated heterocycles. The van der Waals surface area contributed by atoms with Crippen LogP contribution in [-0.2, 0) is 6.42 Å². The number of rotatable bonds is 2. The predicted molar refractivity (Wildman–Crippen MR) is 62.4 cm³/mol. The third-order valence-corrected chi connectivity index (χ3v) is 2.62. The van der Waals surface area contributed by atoms with Gasteiger partial charge < -0.3 is 0 Å². The second kappa shape index (κ2) is 3.89. The number of aromatic nitrogens is 2. The second-order valence-electron chi connectivity index (χ2n) is 3.90. The van der Waals surface area contributed by atoms with Gasteiger partial charge in [-0.3, -0.25) is 0 Å². The lowest BCUT2D eigenvalue weighted by Gasteiger charge is -2.06. The van der Waals surface area contributed by atoms with E-state index in [4.69, 9.17) is 0 Å². The molecule has 2 aromatic rings. The summed E-state index contributed by atoms with van der Waals surface area (Å²) in [6.07, 6.45) is 3.01. The van der Waals surface area contributed by atoms with E-state index in [1.54, 1.807) is 0 Å². The van der Waals surface area contributed by atoms with Crippen LogP contribution in [0.3, 0.4) is 0 Å². The van der Waals surface area contributed by atoms with Crippen molar-refractivity contribution in [3.8, 4) is 5.69 Å². The van der Waals surface area contributed by atoms with Crippen molar-refractivity contribution in [3.05, 3.63) is 47.3 Å². The molecule has 0 saturated carbocycles. The minimum Gasteiger partial charge on any atom is -0.240 e. The van der Waals surface area contributed by atoms with Gasteiger partial charge in [0.05, 0.1) is 11.4 Å². The molecule has 2 rings (SSSR count). The van der Waals surface area contributed by atoms with Crippen molar-refractivity contribution in [2.24, 2.45) is 0 Å². The summed E-state index contributed by atoms with van der Waals surface area (Å²) in [6, 6.07) is 8.50. The SMILES string of the molecule is CCc1ccn(-c2cc(C)ccc2C)n1. The maximum atomic E-state index is 4.52. The van der Waals surface area contributed by atoms with E-state index < -0.39 is 0 Å². The summed E-state index contributed by atoms with van der Waals surface area (Å²) in [4.78, 5) is 0. The van der Waals surface area contributed by atoms with Crippen molar-refractivity contribution in [3.63, 3.8) is 0 Å². The highest BCUT2D eigenvalue weighted by Crippen LogP contribution is 2.15. The van der Waals surface area contributed by atoms with Crippen LogP contribution >= 0.6 is 0 Å². The number of hydrogen-bond acceptors (Lipinski definition) is 1. The van der Waals surface area contributed by atoms with Gasteiger partial charge in [-0.05, 0) is 43.5 Å². The molecule has 0 amide bonds. The highest BCUT2D eigenvalue weighted by Gasteiger charge is 2.03. The smallest absolute Gasteiger partial charge is 0.0677 e. The molecule has 0 N–H and O–H groups in total. The summed E-state index contributed by atoms with van der Waals surface area (Å²) in [7, 11) is 0. The zero-order valence-corrected chi connectivity index (χ0v) is 9.49. The highest BCUT2D eigenvalue weighted by atomic mass is 15.3. The van der Waals surface area contributed by atoms with E-state index in [-0.39, 0.29) is 0 Å². The highest BCUT2D eigenvalue weighted by molar-refractivity contribution is 5.42. The van der Waals surface area contributed by atoms with E-state index >= 15 is 0 Å². The van der Waals surface area contributed by atoms with Crippen LogP contribution in [0.2, 0.25) is 0 Å². The Morgan fingerprint density at radius 3 is 2.67 bits per heavy atom. The van der Waals surface area contributed by atoms with E-state index in [2.05, 4.69) is 50.1 Å². The maximum absolute atomic E-state index is 4.52. The molecule has 78 valence electrons. The lowest BCUT2D eigenvalue weighted by molar-refractivity contribution is 0.835. The largest absolute Gasteiger partial charge is 0.240 e. The van der Waals surface area contributed by atoms with Gasteiger partial charge in [0.2, 0.25) is 0 Å². The van der Waals surface area contributed by atoms with Gasteiger partial charge >= 0.3 is 0 Å². The third-order valence-electron chi connectivity index (χ3n) is 2.62. The standard InChI is InChI=1S/C13H16N2/c1-4-12-7-8-15(14-12)13-9-10(2)5-6-11(13)3/h5-9H,4H2,1-3H3. The monoisotopic (exact) mass is 200 g/mol. The Morgan fingerprint density at radius 2 is 2.00 bits per heavy atom. The van der Waals surface area contributed by atoms with Crippen LogP contribution in [0.4, 0.5) is 0 Å². The van der Waals surface area contributed by atoms with Gasteiger partial charge in [0.1, 0.15) is 0 Å². The molecule has 1 aromatic carbocycles. The van der Waals surface area contributed by atoms with E-state index in [9.17, 15) is 0 Å². The first-order valence-corrected chi connectivity index (χ1v) is 5.33. The maximum Gasteiger partial charge on any atom is 0.0677 e. The molecule has 0 atom stereocenters. The Labute approximate surface area is 90.6 Å². The van der Waals surface area contributed by atoms with Gasteiger partial charge in [-0.2, -0.15) is 5.10 Å². The van der Waals surface area contributed by atoms with Crippen LogP contribution < -0.4 is 0 Å². The van der Waals surface area contributed by atoms with Gasteiger partial charge in [0.25, 0.3) is 0 Å². The van der Waals surface area contributed by atoms with Crippen LogP contribution in [0.25, 0.3) is 5.69 Å². The number of aryl methyl sites for hydroxylation is 3. The van der Waals surface area contributed by atoms with Crippen molar-refractivity contribution in [1.29, 1.82) is 0 Å². The van der Waals surface area contributed by atoms with Gasteiger partial charge in [-0.1, -0.05) is 19.1 Å². The van der Waals surface area contributed by atoms with Crippen molar-refractivity contribution in [2.75, 3.05) is 0 Å². The summed E-state index contributed by atoms with van der Waals surface area (Å²) < 4.78 is 1.96. The average Bonchev–Trinajstić information content (AvgIpc) is 2.70. The molecule has 0 aliphatic rings. The Balaban J connectivity index is 2.48. The first-order chi connectivity index (χ1) is 7.20. The molecule has 15 heavy (non-hydrogen) atoms. The van der Waals surface area contributed by atoms with Crippen molar-refractivity contribution >= 4 is 0 Å². The summed E-state index contributed by atoms with van der Waals surface area (Å²) >= 11 is 0. The van der Waals surface area contributed by atoms with E-state index in [1.165, 1.54) is 16.8 Å². The van der Waals surface area contributed by atoms with Crippen molar-refractivity contribution < 1.29 is 0 Å². The van der Waals surface area contributed by atoms with Crippen LogP contribution in [0, 0.1) is 13.8 Å². The van der Waals surface area contributed by atoms with Gasteiger partial charge in [0.15, 0.2) is 0 Å². The molecular formula is C13H16N2. The fourth-order valence-corrected chi connectivity index (χ4v) is 1.65. The average molecular weight is 200 g/mol. The second-order valence-corrected chi connectivity index (χ2v) is 3.90. The normalized spacial score (nSPS) is 10.6. The first-order valence-electron chi connectivity index (χ1n) is 5.33. The Morgan fingerprint density at radius 1 is 1.20 bits per heavy atom. The van der Waals surface area contributed by atoms with Gasteiger partial charge in [0, 0.05) is 6.20 Å². The Bertz CT molecular complexity index is 469. The summed E-state index contributed by atoms with van der Waals surface area (Å²) in [5.74, 6) is 0. The quantitative estimate of drug-likeness (QED) is 0.728. The molecule has 0 aliphatic heterocycles. The first kappa shape index (κ1) is 9.97. The Kier molecular flexibility index (Phi) is 2.58. The topological polar surface area (TPSA) is 17.8 Å². The number of hydrogen-bond donors (Lipinski definition) is 0. The van der Waals surface area contributed by atoms with Crippen LogP contribution in [-0.4, -0.2) is 9.78 Å². The molecule has 2 heteroatoms. The fourth-order valence-electron chi connectivity index (χ4n) is 1.65. The Hall–Kier alpha value is -1.57. The van der Waals surface area contributed by atoms with Crippen molar-refractivity contribution in [1.82, 2.24) is 9.78 Å². The van der Waals surface area contributed by atoms with Crippen molar-refractivity contribution in [2.45, 2.75) is 27.2 Å². The molecule has 0 spiro atoms. The molecule has 0 fully saturated rings. The lowest BCUT2D eigenvalue weighted by Crippen LogP contribution is -1.99. The number of nitrogens with zero attached hydrogens (tertiary/aromatic N) is 2. The van der Waals surface area contributed by atoms with Crippen LogP contribution in [0.5, 0.6) is 0 Å². The molecule has 0 radical (unpaired) electrons. The molecular weight excluding hydrogens is 184 g/mol.